The third-order valence-electron chi connectivity index (χ3n) is 3.77. The number of hydrogen-bond donors (Lipinski definition) is 0. The molecule has 2 aromatic carbocycles. The molecule has 0 unspecified atom stereocenters. The molecule has 0 aliphatic carbocycles. The van der Waals surface area contributed by atoms with Crippen LogP contribution in [0, 0.1) is 5.82 Å². The highest BCUT2D eigenvalue weighted by atomic mass is 19.1. The van der Waals surface area contributed by atoms with Crippen LogP contribution < -0.4 is 10.3 Å². The Balaban J connectivity index is 1.58. The second-order valence-corrected chi connectivity index (χ2v) is 5.32. The molecule has 0 bridgehead atoms. The van der Waals surface area contributed by atoms with Crippen molar-refractivity contribution in [1.82, 2.24) is 9.55 Å². The summed E-state index contributed by atoms with van der Waals surface area (Å²) in [6.07, 6.45) is 1.49. The van der Waals surface area contributed by atoms with Gasteiger partial charge in [-0.15, -0.1) is 0 Å². The van der Waals surface area contributed by atoms with E-state index in [1.165, 1.54) is 23.0 Å². The molecular formula is C18H13FN2O3. The lowest BCUT2D eigenvalue weighted by atomic mass is 10.2. The van der Waals surface area contributed by atoms with E-state index in [1.54, 1.807) is 18.2 Å². The summed E-state index contributed by atoms with van der Waals surface area (Å²) < 4.78 is 25.4. The van der Waals surface area contributed by atoms with Crippen LogP contribution in [-0.2, 0) is 6.54 Å². The van der Waals surface area contributed by atoms with Gasteiger partial charge in [0.05, 0.1) is 12.9 Å². The molecule has 0 atom stereocenters. The van der Waals surface area contributed by atoms with Crippen molar-refractivity contribution >= 4 is 22.1 Å². The number of ether oxygens (including phenoxy) is 1. The van der Waals surface area contributed by atoms with E-state index < -0.39 is 0 Å². The molecule has 4 aromatic rings. The predicted molar refractivity (Wildman–Crippen MR) is 87.7 cm³/mol. The second-order valence-electron chi connectivity index (χ2n) is 5.32. The summed E-state index contributed by atoms with van der Waals surface area (Å²) in [5.41, 5.74) is 1.18. The van der Waals surface area contributed by atoms with E-state index in [0.29, 0.717) is 23.4 Å². The van der Waals surface area contributed by atoms with Crippen molar-refractivity contribution < 1.29 is 13.5 Å². The van der Waals surface area contributed by atoms with Gasteiger partial charge in [0.1, 0.15) is 29.3 Å². The topological polar surface area (TPSA) is 57.3 Å². The van der Waals surface area contributed by atoms with Crippen molar-refractivity contribution in [2.24, 2.45) is 0 Å². The zero-order valence-electron chi connectivity index (χ0n) is 12.6. The van der Waals surface area contributed by atoms with Gasteiger partial charge >= 0.3 is 0 Å². The average molecular weight is 324 g/mol. The number of furan rings is 1. The third-order valence-corrected chi connectivity index (χ3v) is 3.77. The van der Waals surface area contributed by atoms with Crippen LogP contribution in [0.1, 0.15) is 0 Å². The smallest absolute Gasteiger partial charge is 0.297 e. The molecule has 0 saturated carbocycles. The van der Waals surface area contributed by atoms with Gasteiger partial charge in [-0.05, 0) is 36.4 Å². The van der Waals surface area contributed by atoms with Gasteiger partial charge in [0.25, 0.3) is 5.56 Å². The SMILES string of the molecule is O=c1c2oc3ccccc3c2ncn1CCOc1ccc(F)cc1. The Labute approximate surface area is 135 Å². The minimum Gasteiger partial charge on any atom is -0.492 e. The van der Waals surface area contributed by atoms with E-state index in [-0.39, 0.29) is 23.6 Å². The lowest BCUT2D eigenvalue weighted by Crippen LogP contribution is -2.23. The van der Waals surface area contributed by atoms with Crippen molar-refractivity contribution in [2.45, 2.75) is 6.54 Å². The molecule has 4 rings (SSSR count). The highest BCUT2D eigenvalue weighted by molar-refractivity contribution is 6.01. The highest BCUT2D eigenvalue weighted by Gasteiger charge is 2.12. The van der Waals surface area contributed by atoms with Gasteiger partial charge in [0.2, 0.25) is 5.58 Å². The van der Waals surface area contributed by atoms with Gasteiger partial charge < -0.3 is 9.15 Å². The van der Waals surface area contributed by atoms with Crippen molar-refractivity contribution in [1.29, 1.82) is 0 Å². The summed E-state index contributed by atoms with van der Waals surface area (Å²) >= 11 is 0. The number of benzene rings is 2. The van der Waals surface area contributed by atoms with Crippen molar-refractivity contribution in [3.63, 3.8) is 0 Å². The number of rotatable bonds is 4. The van der Waals surface area contributed by atoms with E-state index in [9.17, 15) is 9.18 Å². The summed E-state index contributed by atoms with van der Waals surface area (Å²) in [5, 5.41) is 0.819. The van der Waals surface area contributed by atoms with E-state index in [2.05, 4.69) is 4.98 Å². The minimum absolute atomic E-state index is 0.237. The zero-order valence-corrected chi connectivity index (χ0v) is 12.6. The van der Waals surface area contributed by atoms with Gasteiger partial charge in [-0.3, -0.25) is 9.36 Å². The fourth-order valence-corrected chi connectivity index (χ4v) is 2.57. The van der Waals surface area contributed by atoms with Crippen LogP contribution in [0.25, 0.3) is 22.1 Å². The number of aromatic nitrogens is 2. The lowest BCUT2D eigenvalue weighted by molar-refractivity contribution is 0.295. The highest BCUT2D eigenvalue weighted by Crippen LogP contribution is 2.24. The Hall–Kier alpha value is -3.15. The number of fused-ring (bicyclic) bond motifs is 3. The van der Waals surface area contributed by atoms with Crippen molar-refractivity contribution in [2.75, 3.05) is 6.61 Å². The largest absolute Gasteiger partial charge is 0.492 e. The molecule has 5 nitrogen and oxygen atoms in total. The van der Waals surface area contributed by atoms with Crippen LogP contribution in [0.15, 0.2) is 64.1 Å². The molecule has 0 radical (unpaired) electrons. The van der Waals surface area contributed by atoms with Gasteiger partial charge in [0.15, 0.2) is 0 Å². The molecular weight excluding hydrogens is 311 g/mol. The Morgan fingerprint density at radius 2 is 1.92 bits per heavy atom. The minimum atomic E-state index is -0.321. The summed E-state index contributed by atoms with van der Waals surface area (Å²) in [7, 11) is 0. The Bertz CT molecular complexity index is 1070. The standard InChI is InChI=1S/C18H13FN2O3/c19-12-5-7-13(8-6-12)23-10-9-21-11-20-16-14-3-1-2-4-15(14)24-17(16)18(21)22/h1-8,11H,9-10H2. The van der Waals surface area contributed by atoms with Gasteiger partial charge in [-0.2, -0.15) is 0 Å². The molecule has 2 heterocycles. The van der Waals surface area contributed by atoms with E-state index in [0.717, 1.165) is 5.39 Å². The molecule has 6 heteroatoms. The maximum Gasteiger partial charge on any atom is 0.297 e. The first kappa shape index (κ1) is 14.4. The molecule has 0 N–H and O–H groups in total. The lowest BCUT2D eigenvalue weighted by Gasteiger charge is -2.07. The van der Waals surface area contributed by atoms with Crippen LogP contribution in [0.3, 0.4) is 0 Å². The zero-order chi connectivity index (χ0) is 16.5. The molecule has 0 spiro atoms. The van der Waals surface area contributed by atoms with E-state index in [4.69, 9.17) is 9.15 Å². The van der Waals surface area contributed by atoms with Crippen LogP contribution in [-0.4, -0.2) is 16.2 Å². The van der Waals surface area contributed by atoms with Gasteiger partial charge in [-0.25, -0.2) is 9.37 Å². The van der Waals surface area contributed by atoms with Crippen LogP contribution in [0.2, 0.25) is 0 Å². The molecule has 0 amide bonds. The number of hydrogen-bond acceptors (Lipinski definition) is 4. The molecule has 120 valence electrons. The Kier molecular flexibility index (Phi) is 3.49. The molecule has 24 heavy (non-hydrogen) atoms. The normalized spacial score (nSPS) is 11.2. The van der Waals surface area contributed by atoms with Gasteiger partial charge in [0, 0.05) is 5.39 Å². The van der Waals surface area contributed by atoms with Crippen LogP contribution in [0.4, 0.5) is 4.39 Å². The number of nitrogens with zero attached hydrogens (tertiary/aromatic N) is 2. The monoisotopic (exact) mass is 324 g/mol. The Morgan fingerprint density at radius 1 is 1.12 bits per heavy atom. The maximum atomic E-state index is 12.8. The maximum absolute atomic E-state index is 12.8. The fraction of sp³-hybridized carbons (Fsp3) is 0.111. The molecule has 0 aliphatic rings. The third kappa shape index (κ3) is 2.52. The van der Waals surface area contributed by atoms with Gasteiger partial charge in [-0.1, -0.05) is 12.1 Å². The van der Waals surface area contributed by atoms with E-state index in [1.807, 2.05) is 18.2 Å². The number of para-hydroxylation sites is 1. The van der Waals surface area contributed by atoms with Crippen molar-refractivity contribution in [3.05, 3.63) is 71.0 Å². The number of halogens is 1. The molecule has 0 fully saturated rings. The summed E-state index contributed by atoms with van der Waals surface area (Å²) in [4.78, 5) is 16.8. The quantitative estimate of drug-likeness (QED) is 0.577. The molecule has 0 aliphatic heterocycles. The fourth-order valence-electron chi connectivity index (χ4n) is 2.57. The van der Waals surface area contributed by atoms with Crippen LogP contribution in [0.5, 0.6) is 5.75 Å². The van der Waals surface area contributed by atoms with E-state index >= 15 is 0 Å². The predicted octanol–water partition coefficient (Wildman–Crippen LogP) is 3.36. The first-order chi connectivity index (χ1) is 11.7. The Morgan fingerprint density at radius 3 is 2.75 bits per heavy atom. The summed E-state index contributed by atoms with van der Waals surface area (Å²) in [5.74, 6) is 0.223. The average Bonchev–Trinajstić information content (AvgIpc) is 2.98. The van der Waals surface area contributed by atoms with Crippen LogP contribution >= 0.6 is 0 Å². The first-order valence-corrected chi connectivity index (χ1v) is 7.47. The molecule has 0 saturated heterocycles. The first-order valence-electron chi connectivity index (χ1n) is 7.47. The van der Waals surface area contributed by atoms with Crippen molar-refractivity contribution in [3.8, 4) is 5.75 Å². The molecule has 2 aromatic heterocycles. The summed E-state index contributed by atoms with van der Waals surface area (Å²) in [6, 6.07) is 13.1. The second kappa shape index (κ2) is 5.81. The summed E-state index contributed by atoms with van der Waals surface area (Å²) in [6.45, 7) is 0.579.